The van der Waals surface area contributed by atoms with Gasteiger partial charge in [0, 0.05) is 19.2 Å². The number of nitrogens with one attached hydrogen (secondary N) is 1. The summed E-state index contributed by atoms with van der Waals surface area (Å²) < 4.78 is 2.02. The Hall–Kier alpha value is -1.27. The highest BCUT2D eigenvalue weighted by molar-refractivity contribution is 5.01. The lowest BCUT2D eigenvalue weighted by atomic mass is 10.3. The Labute approximate surface area is 91.9 Å². The fourth-order valence-electron chi connectivity index (χ4n) is 1.39. The third-order valence-corrected chi connectivity index (χ3v) is 2.16. The van der Waals surface area contributed by atoms with Gasteiger partial charge in [-0.2, -0.15) is 5.10 Å². The minimum Gasteiger partial charge on any atom is -0.311 e. The average molecular weight is 205 g/mol. The highest BCUT2D eigenvalue weighted by Crippen LogP contribution is 1.99. The zero-order valence-corrected chi connectivity index (χ0v) is 9.58. The second kappa shape index (κ2) is 7.08. The lowest BCUT2D eigenvalue weighted by Crippen LogP contribution is -2.17. The van der Waals surface area contributed by atoms with Crippen LogP contribution in [0.15, 0.2) is 12.3 Å². The number of aryl methyl sites for hydroxylation is 1. The lowest BCUT2D eigenvalue weighted by Gasteiger charge is -2.06. The first-order valence-electron chi connectivity index (χ1n) is 5.49. The van der Waals surface area contributed by atoms with Crippen molar-refractivity contribution >= 4 is 0 Å². The van der Waals surface area contributed by atoms with Gasteiger partial charge in [0.25, 0.3) is 0 Å². The minimum absolute atomic E-state index is 0.874. The maximum atomic E-state index is 4.28. The van der Waals surface area contributed by atoms with Crippen molar-refractivity contribution in [3.05, 3.63) is 18.0 Å². The topological polar surface area (TPSA) is 29.9 Å². The van der Waals surface area contributed by atoms with Crippen LogP contribution in [0.25, 0.3) is 0 Å². The van der Waals surface area contributed by atoms with Gasteiger partial charge in [-0.05, 0) is 26.0 Å². The Bertz CT molecular complexity index is 330. The fourth-order valence-corrected chi connectivity index (χ4v) is 1.39. The van der Waals surface area contributed by atoms with Crippen molar-refractivity contribution in [3.63, 3.8) is 0 Å². The number of nitrogens with zero attached hydrogens (tertiary/aromatic N) is 2. The summed E-state index contributed by atoms with van der Waals surface area (Å²) in [5.74, 6) is 5.94. The van der Waals surface area contributed by atoms with Gasteiger partial charge in [-0.3, -0.25) is 4.68 Å². The largest absolute Gasteiger partial charge is 0.311 e. The zero-order valence-electron chi connectivity index (χ0n) is 9.58. The summed E-state index contributed by atoms with van der Waals surface area (Å²) in [5.41, 5.74) is 1.24. The van der Waals surface area contributed by atoms with Gasteiger partial charge in [0.1, 0.15) is 0 Å². The van der Waals surface area contributed by atoms with Gasteiger partial charge in [0.05, 0.1) is 12.2 Å². The van der Waals surface area contributed by atoms with Gasteiger partial charge in [0.2, 0.25) is 0 Å². The number of hydrogen-bond donors (Lipinski definition) is 1. The monoisotopic (exact) mass is 205 g/mol. The Kier molecular flexibility index (Phi) is 5.57. The van der Waals surface area contributed by atoms with Crippen LogP contribution in [-0.2, 0) is 13.1 Å². The summed E-state index contributed by atoms with van der Waals surface area (Å²) in [6.45, 7) is 6.87. The van der Waals surface area contributed by atoms with Crippen molar-refractivity contribution in [2.45, 2.75) is 39.8 Å². The molecule has 0 aliphatic rings. The zero-order chi connectivity index (χ0) is 10.9. The molecule has 0 bridgehead atoms. The summed E-state index contributed by atoms with van der Waals surface area (Å²) in [6.07, 6.45) is 3.89. The molecule has 0 radical (unpaired) electrons. The van der Waals surface area contributed by atoms with Gasteiger partial charge >= 0.3 is 0 Å². The third kappa shape index (κ3) is 4.18. The first-order chi connectivity index (χ1) is 7.38. The van der Waals surface area contributed by atoms with Gasteiger partial charge in [-0.1, -0.05) is 6.92 Å². The molecule has 0 fully saturated rings. The molecule has 0 aliphatic heterocycles. The molecule has 1 N–H and O–H groups in total. The summed E-state index contributed by atoms with van der Waals surface area (Å²) in [6, 6.07) is 2.06. The Morgan fingerprint density at radius 1 is 1.53 bits per heavy atom. The standard InChI is InChI=1S/C12H19N3/c1-3-5-6-10-15-12(7-9-14-15)11-13-8-4-2/h7,9,13H,4,6,8,10-11H2,1-2H3. The fraction of sp³-hybridized carbons (Fsp3) is 0.583. The van der Waals surface area contributed by atoms with Crippen LogP contribution in [0.4, 0.5) is 0 Å². The van der Waals surface area contributed by atoms with E-state index >= 15 is 0 Å². The molecular weight excluding hydrogens is 186 g/mol. The van der Waals surface area contributed by atoms with E-state index in [1.807, 2.05) is 17.8 Å². The molecule has 1 aromatic heterocycles. The number of aromatic nitrogens is 2. The lowest BCUT2D eigenvalue weighted by molar-refractivity contribution is 0.564. The molecule has 0 atom stereocenters. The van der Waals surface area contributed by atoms with E-state index in [1.54, 1.807) is 0 Å². The summed E-state index contributed by atoms with van der Waals surface area (Å²) in [5, 5.41) is 7.65. The first kappa shape index (κ1) is 11.8. The van der Waals surface area contributed by atoms with Crippen molar-refractivity contribution in [3.8, 4) is 11.8 Å². The third-order valence-electron chi connectivity index (χ3n) is 2.16. The van der Waals surface area contributed by atoms with E-state index < -0.39 is 0 Å². The van der Waals surface area contributed by atoms with Crippen LogP contribution in [-0.4, -0.2) is 16.3 Å². The predicted octanol–water partition coefficient (Wildman–Crippen LogP) is 1.80. The smallest absolute Gasteiger partial charge is 0.0522 e. The van der Waals surface area contributed by atoms with Crippen LogP contribution < -0.4 is 5.32 Å². The van der Waals surface area contributed by atoms with Crippen molar-refractivity contribution in [2.24, 2.45) is 0 Å². The van der Waals surface area contributed by atoms with Crippen LogP contribution in [0.2, 0.25) is 0 Å². The molecule has 1 heterocycles. The molecule has 1 rings (SSSR count). The van der Waals surface area contributed by atoms with Crippen LogP contribution in [0, 0.1) is 11.8 Å². The van der Waals surface area contributed by atoms with Crippen LogP contribution in [0.5, 0.6) is 0 Å². The van der Waals surface area contributed by atoms with Crippen LogP contribution in [0.1, 0.15) is 32.4 Å². The predicted molar refractivity (Wildman–Crippen MR) is 62.3 cm³/mol. The van der Waals surface area contributed by atoms with Crippen LogP contribution in [0.3, 0.4) is 0 Å². The molecule has 0 amide bonds. The van der Waals surface area contributed by atoms with Crippen LogP contribution >= 0.6 is 0 Å². The SMILES string of the molecule is CC#CCCn1nccc1CNCCC. The highest BCUT2D eigenvalue weighted by atomic mass is 15.3. The van der Waals surface area contributed by atoms with E-state index in [9.17, 15) is 0 Å². The van der Waals surface area contributed by atoms with E-state index in [1.165, 1.54) is 5.69 Å². The molecule has 82 valence electrons. The second-order valence-electron chi connectivity index (χ2n) is 3.40. The highest BCUT2D eigenvalue weighted by Gasteiger charge is 2.00. The Morgan fingerprint density at radius 3 is 3.13 bits per heavy atom. The van der Waals surface area contributed by atoms with Crippen molar-refractivity contribution in [1.29, 1.82) is 0 Å². The molecule has 1 aromatic rings. The van der Waals surface area contributed by atoms with E-state index in [4.69, 9.17) is 0 Å². The maximum absolute atomic E-state index is 4.28. The second-order valence-corrected chi connectivity index (χ2v) is 3.40. The van der Waals surface area contributed by atoms with E-state index in [0.717, 1.165) is 32.5 Å². The normalized spacial score (nSPS) is 9.73. The number of hydrogen-bond acceptors (Lipinski definition) is 2. The average Bonchev–Trinajstić information content (AvgIpc) is 2.67. The molecule has 0 aromatic carbocycles. The molecule has 0 spiro atoms. The van der Waals surface area contributed by atoms with Gasteiger partial charge < -0.3 is 5.32 Å². The van der Waals surface area contributed by atoms with Gasteiger partial charge in [-0.15, -0.1) is 11.8 Å². The maximum Gasteiger partial charge on any atom is 0.0522 e. The van der Waals surface area contributed by atoms with Gasteiger partial charge in [0.15, 0.2) is 0 Å². The minimum atomic E-state index is 0.874. The molecule has 0 unspecified atom stereocenters. The summed E-state index contributed by atoms with van der Waals surface area (Å²) in [7, 11) is 0. The van der Waals surface area contributed by atoms with Crippen molar-refractivity contribution in [1.82, 2.24) is 15.1 Å². The molecule has 15 heavy (non-hydrogen) atoms. The summed E-state index contributed by atoms with van der Waals surface area (Å²) >= 11 is 0. The van der Waals surface area contributed by atoms with E-state index in [0.29, 0.717) is 0 Å². The molecule has 3 heteroatoms. The molecular formula is C12H19N3. The summed E-state index contributed by atoms with van der Waals surface area (Å²) in [4.78, 5) is 0. The molecule has 0 saturated carbocycles. The molecule has 0 aliphatic carbocycles. The molecule has 3 nitrogen and oxygen atoms in total. The quantitative estimate of drug-likeness (QED) is 0.567. The Balaban J connectivity index is 2.41. The molecule has 0 saturated heterocycles. The van der Waals surface area contributed by atoms with Gasteiger partial charge in [-0.25, -0.2) is 0 Å². The van der Waals surface area contributed by atoms with E-state index in [2.05, 4.69) is 35.2 Å². The van der Waals surface area contributed by atoms with E-state index in [-0.39, 0.29) is 0 Å². The number of rotatable bonds is 6. The first-order valence-corrected chi connectivity index (χ1v) is 5.49. The van der Waals surface area contributed by atoms with Crippen molar-refractivity contribution in [2.75, 3.05) is 6.54 Å². The van der Waals surface area contributed by atoms with Crippen molar-refractivity contribution < 1.29 is 0 Å². The Morgan fingerprint density at radius 2 is 2.40 bits per heavy atom.